The fourth-order valence-electron chi connectivity index (χ4n) is 4.67. The molecule has 0 bridgehead atoms. The molecule has 2 fully saturated rings. The van der Waals surface area contributed by atoms with Crippen LogP contribution in [0.2, 0.25) is 0 Å². The molecule has 8 nitrogen and oxygen atoms in total. The number of rotatable bonds is 4. The largest absolute Gasteiger partial charge is 0.416 e. The Bertz CT molecular complexity index is 1530. The van der Waals surface area contributed by atoms with Crippen molar-refractivity contribution < 1.29 is 22.3 Å². The zero-order valence-electron chi connectivity index (χ0n) is 21.0. The van der Waals surface area contributed by atoms with E-state index < -0.39 is 17.6 Å². The standard InChI is InChI=1S/C26H25F4N7O/c1-13-10-36(12-21(38-13)16-9-31-37(11-16)18-5-6-18)25-34-22(23-24(35-25)33-15(3)14(2)32-23)19-7-4-17(8-20(19)27)26(28,29)30/h4,7-9,11,13,18,21H,5-6,10,12H2,1-3H3/t13-,21+/m0/s1. The molecule has 1 aliphatic heterocycles. The van der Waals surface area contributed by atoms with Gasteiger partial charge in [-0.25, -0.2) is 19.3 Å². The molecule has 0 amide bonds. The molecule has 0 unspecified atom stereocenters. The van der Waals surface area contributed by atoms with Crippen LogP contribution in [-0.2, 0) is 10.9 Å². The van der Waals surface area contributed by atoms with E-state index in [4.69, 9.17) is 4.74 Å². The summed E-state index contributed by atoms with van der Waals surface area (Å²) in [5, 5.41) is 4.47. The van der Waals surface area contributed by atoms with Crippen LogP contribution in [-0.4, -0.2) is 48.9 Å². The quantitative estimate of drug-likeness (QED) is 0.331. The number of hydrogen-bond donors (Lipinski definition) is 0. The van der Waals surface area contributed by atoms with Gasteiger partial charge in [0.25, 0.3) is 0 Å². The zero-order valence-corrected chi connectivity index (χ0v) is 21.0. The maximum atomic E-state index is 15.1. The fourth-order valence-corrected chi connectivity index (χ4v) is 4.67. The third-order valence-electron chi connectivity index (χ3n) is 6.94. The Labute approximate surface area is 215 Å². The SMILES string of the molecule is Cc1nc2nc(N3C[C@H](C)O[C@@H](c4cnn(C5CC5)c4)C3)nc(-c3ccc(C(F)(F)F)cc3F)c2nc1C. The normalized spacial score (nSPS) is 20.3. The van der Waals surface area contributed by atoms with E-state index in [9.17, 15) is 13.2 Å². The lowest BCUT2D eigenvalue weighted by atomic mass is 10.1. The fraction of sp³-hybridized carbons (Fsp3) is 0.423. The summed E-state index contributed by atoms with van der Waals surface area (Å²) in [6.07, 6.45) is 0.906. The highest BCUT2D eigenvalue weighted by molar-refractivity contribution is 5.88. The average molecular weight is 528 g/mol. The Morgan fingerprint density at radius 2 is 1.76 bits per heavy atom. The van der Waals surface area contributed by atoms with Gasteiger partial charge in [0, 0.05) is 23.9 Å². The van der Waals surface area contributed by atoms with Crippen LogP contribution < -0.4 is 4.90 Å². The highest BCUT2D eigenvalue weighted by atomic mass is 19.4. The summed E-state index contributed by atoms with van der Waals surface area (Å²) >= 11 is 0. The van der Waals surface area contributed by atoms with Crippen molar-refractivity contribution in [2.45, 2.75) is 58.0 Å². The molecule has 12 heteroatoms. The first kappa shape index (κ1) is 24.7. The van der Waals surface area contributed by atoms with Crippen LogP contribution in [0.3, 0.4) is 0 Å². The molecule has 2 atom stereocenters. The van der Waals surface area contributed by atoms with Crippen molar-refractivity contribution >= 4 is 17.1 Å². The molecular formula is C26H25F4N7O. The van der Waals surface area contributed by atoms with Crippen molar-refractivity contribution in [2.75, 3.05) is 18.0 Å². The number of anilines is 1. The first-order chi connectivity index (χ1) is 18.1. The van der Waals surface area contributed by atoms with Gasteiger partial charge >= 0.3 is 6.18 Å². The smallest absolute Gasteiger partial charge is 0.367 e. The van der Waals surface area contributed by atoms with Crippen LogP contribution in [0.4, 0.5) is 23.5 Å². The number of benzene rings is 1. The minimum absolute atomic E-state index is 0.0871. The number of ether oxygens (including phenoxy) is 1. The third kappa shape index (κ3) is 4.57. The molecule has 1 saturated heterocycles. The van der Waals surface area contributed by atoms with Gasteiger partial charge in [0.1, 0.15) is 23.1 Å². The lowest BCUT2D eigenvalue weighted by Gasteiger charge is -2.36. The summed E-state index contributed by atoms with van der Waals surface area (Å²) in [5.41, 5.74) is 1.54. The molecule has 1 aromatic carbocycles. The number of fused-ring (bicyclic) bond motifs is 1. The van der Waals surface area contributed by atoms with Crippen molar-refractivity contribution in [3.63, 3.8) is 0 Å². The Balaban J connectivity index is 1.43. The molecule has 0 radical (unpaired) electrons. The predicted molar refractivity (Wildman–Crippen MR) is 131 cm³/mol. The van der Waals surface area contributed by atoms with Crippen molar-refractivity contribution in [1.29, 1.82) is 0 Å². The van der Waals surface area contributed by atoms with Gasteiger partial charge < -0.3 is 9.64 Å². The minimum Gasteiger partial charge on any atom is -0.367 e. The second-order valence-electron chi connectivity index (χ2n) is 9.96. The van der Waals surface area contributed by atoms with E-state index in [0.29, 0.717) is 36.6 Å². The highest BCUT2D eigenvalue weighted by Crippen LogP contribution is 2.37. The third-order valence-corrected chi connectivity index (χ3v) is 6.94. The molecule has 38 heavy (non-hydrogen) atoms. The van der Waals surface area contributed by atoms with Gasteiger partial charge in [-0.3, -0.25) is 4.68 Å². The summed E-state index contributed by atoms with van der Waals surface area (Å²) in [7, 11) is 0. The Morgan fingerprint density at radius 1 is 1.00 bits per heavy atom. The topological polar surface area (TPSA) is 81.9 Å². The van der Waals surface area contributed by atoms with Crippen LogP contribution in [0, 0.1) is 19.7 Å². The van der Waals surface area contributed by atoms with Gasteiger partial charge in [-0.1, -0.05) is 0 Å². The van der Waals surface area contributed by atoms with Crippen molar-refractivity contribution in [3.05, 3.63) is 58.9 Å². The second kappa shape index (κ2) is 8.97. The average Bonchev–Trinajstić information content (AvgIpc) is 3.59. The van der Waals surface area contributed by atoms with Crippen LogP contribution >= 0.6 is 0 Å². The molecular weight excluding hydrogens is 502 g/mol. The van der Waals surface area contributed by atoms with E-state index in [1.165, 1.54) is 0 Å². The van der Waals surface area contributed by atoms with Crippen molar-refractivity contribution in [1.82, 2.24) is 29.7 Å². The number of aryl methyl sites for hydroxylation is 2. The monoisotopic (exact) mass is 527 g/mol. The van der Waals surface area contributed by atoms with Gasteiger partial charge in [-0.2, -0.15) is 23.3 Å². The first-order valence-electron chi connectivity index (χ1n) is 12.4. The maximum absolute atomic E-state index is 15.1. The molecule has 4 aromatic rings. The van der Waals surface area contributed by atoms with Crippen LogP contribution in [0.5, 0.6) is 0 Å². The number of morpholine rings is 1. The lowest BCUT2D eigenvalue weighted by molar-refractivity contribution is -0.137. The van der Waals surface area contributed by atoms with E-state index in [2.05, 4.69) is 25.0 Å². The van der Waals surface area contributed by atoms with Crippen molar-refractivity contribution in [2.24, 2.45) is 0 Å². The van der Waals surface area contributed by atoms with Crippen molar-refractivity contribution in [3.8, 4) is 11.3 Å². The second-order valence-corrected chi connectivity index (χ2v) is 9.96. The minimum atomic E-state index is -4.67. The van der Waals surface area contributed by atoms with Gasteiger partial charge in [-0.05, 0) is 51.8 Å². The number of alkyl halides is 3. The Kier molecular flexibility index (Phi) is 5.82. The molecule has 0 spiro atoms. The molecule has 1 saturated carbocycles. The van der Waals surface area contributed by atoms with Crippen LogP contribution in [0.25, 0.3) is 22.4 Å². The summed E-state index contributed by atoms with van der Waals surface area (Å²) in [5.74, 6) is -0.773. The number of nitrogens with zero attached hydrogens (tertiary/aromatic N) is 7. The number of aromatic nitrogens is 6. The van der Waals surface area contributed by atoms with E-state index in [0.717, 1.165) is 30.5 Å². The molecule has 4 heterocycles. The van der Waals surface area contributed by atoms with E-state index in [1.54, 1.807) is 20.0 Å². The lowest BCUT2D eigenvalue weighted by Crippen LogP contribution is -2.43. The molecule has 6 rings (SSSR count). The summed E-state index contributed by atoms with van der Waals surface area (Å²) < 4.78 is 62.8. The number of hydrogen-bond acceptors (Lipinski definition) is 7. The first-order valence-corrected chi connectivity index (χ1v) is 12.4. The van der Waals surface area contributed by atoms with Gasteiger partial charge in [0.05, 0.1) is 41.8 Å². The summed E-state index contributed by atoms with van der Waals surface area (Å²) in [4.78, 5) is 20.3. The highest BCUT2D eigenvalue weighted by Gasteiger charge is 2.33. The number of halogens is 4. The van der Waals surface area contributed by atoms with Gasteiger partial charge in [-0.15, -0.1) is 0 Å². The Hall–Kier alpha value is -3.67. The summed E-state index contributed by atoms with van der Waals surface area (Å²) in [6, 6.07) is 2.83. The van der Waals surface area contributed by atoms with Gasteiger partial charge in [0.15, 0.2) is 5.65 Å². The molecule has 198 valence electrons. The molecule has 1 aliphatic carbocycles. The van der Waals surface area contributed by atoms with Gasteiger partial charge in [0.2, 0.25) is 5.95 Å². The van der Waals surface area contributed by atoms with Crippen LogP contribution in [0.1, 0.15) is 54.4 Å². The van der Waals surface area contributed by atoms with E-state index >= 15 is 4.39 Å². The molecule has 3 aromatic heterocycles. The van der Waals surface area contributed by atoms with E-state index in [1.807, 2.05) is 22.7 Å². The Morgan fingerprint density at radius 3 is 2.47 bits per heavy atom. The van der Waals surface area contributed by atoms with Crippen LogP contribution in [0.15, 0.2) is 30.6 Å². The molecule has 0 N–H and O–H groups in total. The molecule has 2 aliphatic rings. The predicted octanol–water partition coefficient (Wildman–Crippen LogP) is 5.36. The van der Waals surface area contributed by atoms with E-state index in [-0.39, 0.29) is 40.6 Å². The summed E-state index contributed by atoms with van der Waals surface area (Å²) in [6.45, 7) is 6.35. The zero-order chi connectivity index (χ0) is 26.8. The maximum Gasteiger partial charge on any atom is 0.416 e.